The smallest absolute Gasteiger partial charge is 0.108 e. The minimum atomic E-state index is 0.502. The Kier molecular flexibility index (Phi) is 3.61. The number of likely N-dealkylation sites (tertiary alicyclic amines) is 1. The molecule has 1 saturated heterocycles. The van der Waals surface area contributed by atoms with Gasteiger partial charge in [0.2, 0.25) is 0 Å². The van der Waals surface area contributed by atoms with Crippen LogP contribution in [-0.4, -0.2) is 49.0 Å². The van der Waals surface area contributed by atoms with E-state index >= 15 is 0 Å². The van der Waals surface area contributed by atoms with Crippen LogP contribution in [0.1, 0.15) is 32.7 Å². The van der Waals surface area contributed by atoms with E-state index in [9.17, 15) is 0 Å². The lowest BCUT2D eigenvalue weighted by Crippen LogP contribution is -2.39. The van der Waals surface area contributed by atoms with Crippen LogP contribution in [0.3, 0.4) is 0 Å². The van der Waals surface area contributed by atoms with Gasteiger partial charge in [-0.1, -0.05) is 0 Å². The van der Waals surface area contributed by atoms with Crippen molar-refractivity contribution in [1.82, 2.24) is 29.9 Å². The molecule has 0 spiro atoms. The van der Waals surface area contributed by atoms with Gasteiger partial charge >= 0.3 is 0 Å². The van der Waals surface area contributed by atoms with E-state index in [0.29, 0.717) is 12.1 Å². The maximum absolute atomic E-state index is 4.60. The summed E-state index contributed by atoms with van der Waals surface area (Å²) in [4.78, 5) is 6.97. The quantitative estimate of drug-likeness (QED) is 0.808. The zero-order valence-corrected chi connectivity index (χ0v) is 13.6. The number of pyridine rings is 1. The van der Waals surface area contributed by atoms with Gasteiger partial charge in [0, 0.05) is 42.7 Å². The Bertz CT molecular complexity index is 794. The third kappa shape index (κ3) is 2.74. The molecule has 4 rings (SSSR count). The van der Waals surface area contributed by atoms with Crippen molar-refractivity contribution < 1.29 is 0 Å². The normalized spacial score (nSPS) is 17.3. The molecular formula is C17H22N6. The van der Waals surface area contributed by atoms with Gasteiger partial charge in [-0.2, -0.15) is 10.2 Å². The van der Waals surface area contributed by atoms with E-state index in [4.69, 9.17) is 0 Å². The van der Waals surface area contributed by atoms with Crippen LogP contribution in [0.2, 0.25) is 0 Å². The Morgan fingerprint density at radius 3 is 2.74 bits per heavy atom. The Balaban J connectivity index is 1.52. The molecule has 0 unspecified atom stereocenters. The standard InChI is InChI=1S/C17H22N6/c1-12(2)22-5-3-15(4-6-22)23-11-14(9-20-23)13-7-16-17(18-8-13)10-19-21-16/h7-12,15H,3-6H2,1-2H3,(H,19,21). The number of rotatable bonds is 3. The van der Waals surface area contributed by atoms with Crippen LogP contribution in [0.15, 0.2) is 30.9 Å². The summed E-state index contributed by atoms with van der Waals surface area (Å²) in [6.07, 6.45) is 10.0. The molecule has 6 heteroatoms. The summed E-state index contributed by atoms with van der Waals surface area (Å²) in [7, 11) is 0. The number of nitrogens with zero attached hydrogens (tertiary/aromatic N) is 5. The maximum atomic E-state index is 4.60. The molecule has 1 aliphatic rings. The summed E-state index contributed by atoms with van der Waals surface area (Å²) in [6, 6.07) is 3.22. The first-order chi connectivity index (χ1) is 11.2. The van der Waals surface area contributed by atoms with E-state index in [1.54, 1.807) is 6.20 Å². The van der Waals surface area contributed by atoms with Gasteiger partial charge in [-0.05, 0) is 32.8 Å². The van der Waals surface area contributed by atoms with Crippen molar-refractivity contribution in [3.8, 4) is 11.1 Å². The van der Waals surface area contributed by atoms with Crippen molar-refractivity contribution in [3.63, 3.8) is 0 Å². The van der Waals surface area contributed by atoms with Crippen LogP contribution in [0.25, 0.3) is 22.2 Å². The van der Waals surface area contributed by atoms with Crippen LogP contribution >= 0.6 is 0 Å². The molecule has 0 atom stereocenters. The topological polar surface area (TPSA) is 62.6 Å². The van der Waals surface area contributed by atoms with Crippen molar-refractivity contribution in [2.75, 3.05) is 13.1 Å². The van der Waals surface area contributed by atoms with Gasteiger partial charge in [-0.3, -0.25) is 14.8 Å². The van der Waals surface area contributed by atoms with Crippen molar-refractivity contribution in [2.24, 2.45) is 0 Å². The minimum Gasteiger partial charge on any atom is -0.301 e. The number of hydrogen-bond donors (Lipinski definition) is 1. The highest BCUT2D eigenvalue weighted by Crippen LogP contribution is 2.26. The van der Waals surface area contributed by atoms with Gasteiger partial charge < -0.3 is 4.90 Å². The van der Waals surface area contributed by atoms with Crippen LogP contribution < -0.4 is 0 Å². The first-order valence-electron chi connectivity index (χ1n) is 8.28. The molecule has 0 amide bonds. The number of aromatic amines is 1. The third-order valence-corrected chi connectivity index (χ3v) is 4.83. The second kappa shape index (κ2) is 5.77. The lowest BCUT2D eigenvalue weighted by molar-refractivity contribution is 0.147. The van der Waals surface area contributed by atoms with E-state index in [2.05, 4.69) is 56.0 Å². The molecule has 0 bridgehead atoms. The predicted molar refractivity (Wildman–Crippen MR) is 90.1 cm³/mol. The molecule has 0 saturated carbocycles. The monoisotopic (exact) mass is 310 g/mol. The maximum Gasteiger partial charge on any atom is 0.108 e. The highest BCUT2D eigenvalue weighted by atomic mass is 15.3. The SMILES string of the molecule is CC(C)N1CCC(n2cc(-c3cnc4cn[nH]c4c3)cn2)CC1. The molecule has 3 aromatic heterocycles. The van der Waals surface area contributed by atoms with E-state index in [1.165, 1.54) is 0 Å². The van der Waals surface area contributed by atoms with Crippen molar-refractivity contribution in [2.45, 2.75) is 38.8 Å². The summed E-state index contributed by atoms with van der Waals surface area (Å²) in [5, 5.41) is 11.6. The lowest BCUT2D eigenvalue weighted by atomic mass is 10.0. The number of nitrogens with one attached hydrogen (secondary N) is 1. The van der Waals surface area contributed by atoms with Crippen LogP contribution in [0.5, 0.6) is 0 Å². The van der Waals surface area contributed by atoms with E-state index in [-0.39, 0.29) is 0 Å². The fourth-order valence-electron chi connectivity index (χ4n) is 3.34. The average molecular weight is 310 g/mol. The van der Waals surface area contributed by atoms with Gasteiger partial charge in [0.05, 0.1) is 24.0 Å². The molecular weight excluding hydrogens is 288 g/mol. The molecule has 1 N–H and O–H groups in total. The molecule has 1 aliphatic heterocycles. The average Bonchev–Trinajstić information content (AvgIpc) is 3.23. The summed E-state index contributed by atoms with van der Waals surface area (Å²) in [6.45, 7) is 6.84. The summed E-state index contributed by atoms with van der Waals surface area (Å²) in [5.74, 6) is 0. The molecule has 3 aromatic rings. The summed E-state index contributed by atoms with van der Waals surface area (Å²) in [5.41, 5.74) is 4.04. The first-order valence-corrected chi connectivity index (χ1v) is 8.28. The van der Waals surface area contributed by atoms with Gasteiger partial charge in [0.15, 0.2) is 0 Å². The van der Waals surface area contributed by atoms with E-state index in [1.807, 2.05) is 12.4 Å². The van der Waals surface area contributed by atoms with E-state index in [0.717, 1.165) is 48.1 Å². The fraction of sp³-hybridized carbons (Fsp3) is 0.471. The third-order valence-electron chi connectivity index (χ3n) is 4.83. The molecule has 23 heavy (non-hydrogen) atoms. The molecule has 0 aliphatic carbocycles. The number of H-pyrrole nitrogens is 1. The Morgan fingerprint density at radius 1 is 1.13 bits per heavy atom. The second-order valence-corrected chi connectivity index (χ2v) is 6.60. The molecule has 0 aromatic carbocycles. The Morgan fingerprint density at radius 2 is 1.96 bits per heavy atom. The zero-order valence-electron chi connectivity index (χ0n) is 13.6. The fourth-order valence-corrected chi connectivity index (χ4v) is 3.34. The minimum absolute atomic E-state index is 0.502. The van der Waals surface area contributed by atoms with Crippen molar-refractivity contribution in [3.05, 3.63) is 30.9 Å². The largest absolute Gasteiger partial charge is 0.301 e. The molecule has 6 nitrogen and oxygen atoms in total. The van der Waals surface area contributed by atoms with Gasteiger partial charge in [0.1, 0.15) is 5.52 Å². The van der Waals surface area contributed by atoms with Gasteiger partial charge in [-0.25, -0.2) is 0 Å². The van der Waals surface area contributed by atoms with E-state index < -0.39 is 0 Å². The number of fused-ring (bicyclic) bond motifs is 1. The Labute approximate surface area is 135 Å². The Hall–Kier alpha value is -2.21. The van der Waals surface area contributed by atoms with Crippen molar-refractivity contribution >= 4 is 11.0 Å². The number of aromatic nitrogens is 5. The molecule has 4 heterocycles. The van der Waals surface area contributed by atoms with Gasteiger partial charge in [0.25, 0.3) is 0 Å². The molecule has 0 radical (unpaired) electrons. The van der Waals surface area contributed by atoms with Crippen molar-refractivity contribution in [1.29, 1.82) is 0 Å². The van der Waals surface area contributed by atoms with Crippen LogP contribution in [0.4, 0.5) is 0 Å². The highest BCUT2D eigenvalue weighted by Gasteiger charge is 2.22. The lowest BCUT2D eigenvalue weighted by Gasteiger charge is -2.34. The van der Waals surface area contributed by atoms with Crippen LogP contribution in [-0.2, 0) is 0 Å². The summed E-state index contributed by atoms with van der Waals surface area (Å²) >= 11 is 0. The van der Waals surface area contributed by atoms with Gasteiger partial charge in [-0.15, -0.1) is 0 Å². The second-order valence-electron chi connectivity index (χ2n) is 6.60. The molecule has 1 fully saturated rings. The van der Waals surface area contributed by atoms with Crippen LogP contribution in [0, 0.1) is 0 Å². The predicted octanol–water partition coefficient (Wildman–Crippen LogP) is 2.87. The zero-order chi connectivity index (χ0) is 15.8. The molecule has 120 valence electrons. The summed E-state index contributed by atoms with van der Waals surface area (Å²) < 4.78 is 2.13. The highest BCUT2D eigenvalue weighted by molar-refractivity contribution is 5.79. The number of hydrogen-bond acceptors (Lipinski definition) is 4. The number of piperidine rings is 1. The first kappa shape index (κ1) is 14.4.